The number of nitrogens with zero attached hydrogens (tertiary/aromatic N) is 7. The highest BCUT2D eigenvalue weighted by Gasteiger charge is 2.30. The molecule has 12 heteroatoms. The molecule has 2 aromatic heterocycles. The van der Waals surface area contributed by atoms with Gasteiger partial charge in [-0.3, -0.25) is 14.3 Å². The second-order valence-corrected chi connectivity index (χ2v) is 9.60. The zero-order valence-corrected chi connectivity index (χ0v) is 22.5. The number of phenolic OH excluding ortho intramolecular Hbond substituents is 1. The third-order valence-corrected chi connectivity index (χ3v) is 6.98. The molecule has 0 aliphatic carbocycles. The van der Waals surface area contributed by atoms with Gasteiger partial charge in [-0.15, -0.1) is 0 Å². The number of aromatic hydroxyl groups is 1. The second-order valence-electron chi connectivity index (χ2n) is 9.60. The number of piperazine rings is 1. The molecule has 1 saturated heterocycles. The molecule has 208 valence electrons. The molecule has 0 saturated carbocycles. The molecular formula is C29H29N9O3. The highest BCUT2D eigenvalue weighted by Crippen LogP contribution is 2.29. The Labute approximate surface area is 236 Å². The number of aryl methyl sites for hydroxylation is 1. The van der Waals surface area contributed by atoms with E-state index in [4.69, 9.17) is 0 Å². The zero-order valence-electron chi connectivity index (χ0n) is 22.5. The minimum Gasteiger partial charge on any atom is -0.508 e. The van der Waals surface area contributed by atoms with E-state index in [-0.39, 0.29) is 35.8 Å². The number of anilines is 3. The van der Waals surface area contributed by atoms with Gasteiger partial charge in [-0.05, 0) is 23.6 Å². The molecule has 0 unspecified atom stereocenters. The van der Waals surface area contributed by atoms with Crippen LogP contribution in [0.25, 0.3) is 10.8 Å². The zero-order chi connectivity index (χ0) is 28.9. The monoisotopic (exact) mass is 551 g/mol. The number of rotatable bonds is 8. The van der Waals surface area contributed by atoms with Crippen LogP contribution in [0.3, 0.4) is 0 Å². The predicted molar refractivity (Wildman–Crippen MR) is 154 cm³/mol. The molecule has 1 aliphatic heterocycles. The predicted octanol–water partition coefficient (Wildman–Crippen LogP) is 3.05. The van der Waals surface area contributed by atoms with Crippen LogP contribution in [0, 0.1) is 11.3 Å². The van der Waals surface area contributed by atoms with Crippen molar-refractivity contribution in [3.8, 4) is 11.8 Å². The first kappa shape index (κ1) is 27.1. The molecule has 3 heterocycles. The van der Waals surface area contributed by atoms with Crippen molar-refractivity contribution in [1.82, 2.24) is 24.6 Å². The summed E-state index contributed by atoms with van der Waals surface area (Å²) in [4.78, 5) is 38.6. The fourth-order valence-electron chi connectivity index (χ4n) is 4.87. The molecule has 0 bridgehead atoms. The quantitative estimate of drug-likeness (QED) is 0.281. The van der Waals surface area contributed by atoms with E-state index in [9.17, 15) is 20.0 Å². The van der Waals surface area contributed by atoms with Gasteiger partial charge in [-0.25, -0.2) is 4.98 Å². The fourth-order valence-corrected chi connectivity index (χ4v) is 4.87. The molecule has 0 spiro atoms. The van der Waals surface area contributed by atoms with Crippen LogP contribution >= 0.6 is 0 Å². The second kappa shape index (κ2) is 11.7. The van der Waals surface area contributed by atoms with E-state index in [1.54, 1.807) is 27.9 Å². The van der Waals surface area contributed by atoms with Crippen LogP contribution in [0.15, 0.2) is 67.4 Å². The Morgan fingerprint density at radius 1 is 1.20 bits per heavy atom. The third kappa shape index (κ3) is 5.94. The van der Waals surface area contributed by atoms with Crippen LogP contribution in [-0.2, 0) is 18.4 Å². The molecule has 12 nitrogen and oxygen atoms in total. The summed E-state index contributed by atoms with van der Waals surface area (Å²) < 4.78 is 1.72. The minimum atomic E-state index is -0.484. The Kier molecular flexibility index (Phi) is 7.78. The first-order valence-corrected chi connectivity index (χ1v) is 13.0. The van der Waals surface area contributed by atoms with Crippen LogP contribution < -0.4 is 15.5 Å². The minimum absolute atomic E-state index is 0.0244. The molecule has 1 fully saturated rings. The molecular weight excluding hydrogens is 522 g/mol. The highest BCUT2D eigenvalue weighted by atomic mass is 16.3. The van der Waals surface area contributed by atoms with E-state index in [0.29, 0.717) is 37.7 Å². The summed E-state index contributed by atoms with van der Waals surface area (Å²) >= 11 is 0. The molecule has 3 N–H and O–H groups in total. The summed E-state index contributed by atoms with van der Waals surface area (Å²) in [5, 5.41) is 31.4. The normalized spacial score (nSPS) is 14.9. The SMILES string of the molecule is C=CC(=O)N1CCN(c2cc(C(=O)Nc3cc(O)cc4ccccc34)nc(NCc3ccnn3C)n2)C[C@@H]1CC#N. The number of carbonyl (C=O) groups is 2. The molecule has 5 rings (SSSR count). The maximum absolute atomic E-state index is 13.5. The lowest BCUT2D eigenvalue weighted by Crippen LogP contribution is -2.55. The van der Waals surface area contributed by atoms with Crippen molar-refractivity contribution in [2.45, 2.75) is 19.0 Å². The summed E-state index contributed by atoms with van der Waals surface area (Å²) in [6, 6.07) is 15.8. The lowest BCUT2D eigenvalue weighted by Gasteiger charge is -2.40. The van der Waals surface area contributed by atoms with Gasteiger partial charge in [-0.2, -0.15) is 15.3 Å². The number of amides is 2. The summed E-state index contributed by atoms with van der Waals surface area (Å²) in [5.41, 5.74) is 1.44. The maximum atomic E-state index is 13.5. The molecule has 1 atom stereocenters. The molecule has 2 amide bonds. The van der Waals surface area contributed by atoms with Gasteiger partial charge in [0, 0.05) is 50.4 Å². The van der Waals surface area contributed by atoms with Crippen molar-refractivity contribution in [3.63, 3.8) is 0 Å². The number of aromatic nitrogens is 4. The molecule has 2 aromatic carbocycles. The number of nitrogens with one attached hydrogen (secondary N) is 2. The van der Waals surface area contributed by atoms with Gasteiger partial charge in [0.15, 0.2) is 0 Å². The van der Waals surface area contributed by atoms with Crippen LogP contribution in [0.5, 0.6) is 5.75 Å². The Morgan fingerprint density at radius 3 is 2.78 bits per heavy atom. The summed E-state index contributed by atoms with van der Waals surface area (Å²) in [6.07, 6.45) is 3.08. The summed E-state index contributed by atoms with van der Waals surface area (Å²) in [7, 11) is 1.83. The standard InChI is InChI=1S/C29H29N9O3/c1-3-27(40)38-13-12-37(18-21(38)8-10-30)26-16-25(34-29(35-26)31-17-20-9-11-32-36(20)2)28(41)33-24-15-22(39)14-19-6-4-5-7-23(19)24/h3-7,9,11,14-16,21,39H,1,8,12-13,17-18H2,2H3,(H,33,41)(H,31,34,35)/t21-/m0/s1. The number of carbonyl (C=O) groups excluding carboxylic acids is 2. The van der Waals surface area contributed by atoms with Crippen molar-refractivity contribution < 1.29 is 14.7 Å². The van der Waals surface area contributed by atoms with Gasteiger partial charge < -0.3 is 25.5 Å². The number of hydrogen-bond donors (Lipinski definition) is 3. The number of fused-ring (bicyclic) bond motifs is 1. The first-order valence-electron chi connectivity index (χ1n) is 13.0. The van der Waals surface area contributed by atoms with E-state index in [1.165, 1.54) is 12.1 Å². The molecule has 1 aliphatic rings. The van der Waals surface area contributed by atoms with Crippen LogP contribution in [-0.4, -0.2) is 67.2 Å². The average molecular weight is 552 g/mol. The Morgan fingerprint density at radius 2 is 2.02 bits per heavy atom. The van der Waals surface area contributed by atoms with E-state index in [1.807, 2.05) is 42.3 Å². The van der Waals surface area contributed by atoms with Gasteiger partial charge in [0.2, 0.25) is 11.9 Å². The maximum Gasteiger partial charge on any atom is 0.274 e. The van der Waals surface area contributed by atoms with Crippen molar-refractivity contribution in [3.05, 3.63) is 78.8 Å². The largest absolute Gasteiger partial charge is 0.508 e. The van der Waals surface area contributed by atoms with Gasteiger partial charge >= 0.3 is 0 Å². The Hall–Kier alpha value is -5.44. The van der Waals surface area contributed by atoms with Gasteiger partial charge in [-0.1, -0.05) is 30.8 Å². The topological polar surface area (TPSA) is 152 Å². The fraction of sp³-hybridized carbons (Fsp3) is 0.241. The summed E-state index contributed by atoms with van der Waals surface area (Å²) in [5.74, 6) is 0.0195. The molecule has 0 radical (unpaired) electrons. The van der Waals surface area contributed by atoms with Crippen molar-refractivity contribution >= 4 is 40.0 Å². The van der Waals surface area contributed by atoms with E-state index in [0.717, 1.165) is 16.5 Å². The number of hydrogen-bond acceptors (Lipinski definition) is 9. The molecule has 41 heavy (non-hydrogen) atoms. The van der Waals surface area contributed by atoms with Crippen molar-refractivity contribution in [2.75, 3.05) is 35.2 Å². The van der Waals surface area contributed by atoms with E-state index < -0.39 is 5.91 Å². The first-order chi connectivity index (χ1) is 19.9. The number of phenols is 1. The van der Waals surface area contributed by atoms with E-state index >= 15 is 0 Å². The Balaban J connectivity index is 1.47. The van der Waals surface area contributed by atoms with Gasteiger partial charge in [0.05, 0.1) is 36.5 Å². The van der Waals surface area contributed by atoms with Crippen LogP contribution in [0.1, 0.15) is 22.6 Å². The van der Waals surface area contributed by atoms with Gasteiger partial charge in [0.1, 0.15) is 17.3 Å². The molecule has 4 aromatic rings. The van der Waals surface area contributed by atoms with Crippen molar-refractivity contribution in [2.24, 2.45) is 7.05 Å². The third-order valence-electron chi connectivity index (χ3n) is 6.98. The van der Waals surface area contributed by atoms with Gasteiger partial charge in [0.25, 0.3) is 5.91 Å². The average Bonchev–Trinajstić information content (AvgIpc) is 3.39. The highest BCUT2D eigenvalue weighted by molar-refractivity contribution is 6.09. The lowest BCUT2D eigenvalue weighted by atomic mass is 10.1. The summed E-state index contributed by atoms with van der Waals surface area (Å²) in [6.45, 7) is 5.11. The van der Waals surface area contributed by atoms with Crippen LogP contribution in [0.2, 0.25) is 0 Å². The smallest absolute Gasteiger partial charge is 0.274 e. The number of benzene rings is 2. The lowest BCUT2D eigenvalue weighted by molar-refractivity contribution is -0.128. The number of nitriles is 1. The van der Waals surface area contributed by atoms with Crippen molar-refractivity contribution in [1.29, 1.82) is 5.26 Å². The van der Waals surface area contributed by atoms with E-state index in [2.05, 4.69) is 38.3 Å². The van der Waals surface area contributed by atoms with Crippen LogP contribution in [0.4, 0.5) is 17.5 Å². The Bertz CT molecular complexity index is 1660.